The van der Waals surface area contributed by atoms with E-state index in [9.17, 15) is 14.7 Å². The first-order valence-corrected chi connectivity index (χ1v) is 10.7. The molecule has 1 aliphatic rings. The fourth-order valence-electron chi connectivity index (χ4n) is 3.75. The summed E-state index contributed by atoms with van der Waals surface area (Å²) in [7, 11) is 7.73. The van der Waals surface area contributed by atoms with Crippen molar-refractivity contribution in [3.05, 3.63) is 65.2 Å². The number of benzene rings is 2. The first-order valence-electron chi connectivity index (χ1n) is 10.7. The third-order valence-corrected chi connectivity index (χ3v) is 5.49. The minimum atomic E-state index is -0.670. The molecule has 1 amide bonds. The molecule has 1 N–H and O–H groups in total. The van der Waals surface area contributed by atoms with Crippen molar-refractivity contribution in [1.29, 1.82) is 0 Å². The third kappa shape index (κ3) is 4.78. The molecule has 0 spiro atoms. The van der Waals surface area contributed by atoms with Gasteiger partial charge in [0.05, 0.1) is 18.2 Å². The molecule has 32 heavy (non-hydrogen) atoms. The van der Waals surface area contributed by atoms with Crippen LogP contribution in [0.15, 0.2) is 54.1 Å². The van der Waals surface area contributed by atoms with Crippen molar-refractivity contribution in [1.82, 2.24) is 9.80 Å². The highest BCUT2D eigenvalue weighted by Gasteiger charge is 2.45. The Morgan fingerprint density at radius 2 is 1.62 bits per heavy atom. The van der Waals surface area contributed by atoms with Crippen LogP contribution >= 0.6 is 0 Å². The molecule has 0 aliphatic carbocycles. The second-order valence-corrected chi connectivity index (χ2v) is 8.24. The van der Waals surface area contributed by atoms with Crippen molar-refractivity contribution >= 4 is 23.1 Å². The predicted molar refractivity (Wildman–Crippen MR) is 126 cm³/mol. The van der Waals surface area contributed by atoms with Crippen LogP contribution in [0, 0.1) is 0 Å². The number of ketones is 1. The lowest BCUT2D eigenvalue weighted by molar-refractivity contribution is -0.140. The highest BCUT2D eigenvalue weighted by Crippen LogP contribution is 2.39. The van der Waals surface area contributed by atoms with Gasteiger partial charge in [-0.05, 0) is 63.0 Å². The van der Waals surface area contributed by atoms with E-state index in [0.717, 1.165) is 11.3 Å². The number of Topliss-reactive ketones (excluding diaryl/α,β-unsaturated/α-hetero) is 1. The number of aliphatic hydroxyl groups excluding tert-OH is 1. The van der Waals surface area contributed by atoms with E-state index in [1.54, 1.807) is 29.2 Å². The average Bonchev–Trinajstić information content (AvgIpc) is 3.02. The van der Waals surface area contributed by atoms with E-state index in [1.807, 2.05) is 69.2 Å². The molecule has 1 heterocycles. The van der Waals surface area contributed by atoms with Gasteiger partial charge in [-0.3, -0.25) is 9.59 Å². The van der Waals surface area contributed by atoms with Crippen LogP contribution in [0.4, 0.5) is 5.69 Å². The van der Waals surface area contributed by atoms with E-state index in [2.05, 4.69) is 0 Å². The van der Waals surface area contributed by atoms with Crippen LogP contribution in [0.1, 0.15) is 24.1 Å². The number of carbonyl (C=O) groups excluding carboxylic acids is 2. The maximum absolute atomic E-state index is 13.0. The Hall–Kier alpha value is -3.32. The van der Waals surface area contributed by atoms with E-state index in [-0.39, 0.29) is 11.3 Å². The molecule has 3 rings (SSSR count). The zero-order valence-electron chi connectivity index (χ0n) is 19.3. The van der Waals surface area contributed by atoms with E-state index in [1.165, 1.54) is 0 Å². The highest BCUT2D eigenvalue weighted by atomic mass is 16.5. The molecule has 1 atom stereocenters. The molecule has 2 aromatic carbocycles. The van der Waals surface area contributed by atoms with Gasteiger partial charge in [0.25, 0.3) is 11.7 Å². The first kappa shape index (κ1) is 23.3. The number of anilines is 1. The van der Waals surface area contributed by atoms with Crippen LogP contribution in [0.5, 0.6) is 5.75 Å². The summed E-state index contributed by atoms with van der Waals surface area (Å²) < 4.78 is 5.46. The quantitative estimate of drug-likeness (QED) is 0.389. The number of aliphatic hydroxyl groups is 1. The molecule has 0 radical (unpaired) electrons. The van der Waals surface area contributed by atoms with Crippen molar-refractivity contribution in [2.24, 2.45) is 0 Å². The zero-order chi connectivity index (χ0) is 23.4. The Balaban J connectivity index is 2.08. The van der Waals surface area contributed by atoms with Gasteiger partial charge in [0, 0.05) is 38.4 Å². The van der Waals surface area contributed by atoms with E-state index < -0.39 is 17.7 Å². The fraction of sp³-hybridized carbons (Fsp3) is 0.360. The lowest BCUT2D eigenvalue weighted by Crippen LogP contribution is -2.35. The number of likely N-dealkylation sites (N-methyl/N-ethyl adjacent to an activating group) is 1. The van der Waals surface area contributed by atoms with Crippen LogP contribution in [-0.2, 0) is 9.59 Å². The molecule has 1 aliphatic heterocycles. The Morgan fingerprint density at radius 3 is 2.16 bits per heavy atom. The van der Waals surface area contributed by atoms with Gasteiger partial charge in [-0.1, -0.05) is 12.1 Å². The molecule has 0 aromatic heterocycles. The van der Waals surface area contributed by atoms with Crippen molar-refractivity contribution in [3.63, 3.8) is 0 Å². The molecule has 0 saturated carbocycles. The second-order valence-electron chi connectivity index (χ2n) is 8.24. The van der Waals surface area contributed by atoms with Crippen LogP contribution in [0.25, 0.3) is 5.76 Å². The summed E-state index contributed by atoms with van der Waals surface area (Å²) >= 11 is 0. The first-order chi connectivity index (χ1) is 15.2. The normalized spacial score (nSPS) is 17.8. The molecule has 170 valence electrons. The van der Waals surface area contributed by atoms with Gasteiger partial charge < -0.3 is 24.5 Å². The summed E-state index contributed by atoms with van der Waals surface area (Å²) in [5.41, 5.74) is 2.36. The largest absolute Gasteiger partial charge is 0.507 e. The summed E-state index contributed by atoms with van der Waals surface area (Å²) in [5, 5.41) is 11.1. The lowest BCUT2D eigenvalue weighted by Gasteiger charge is -2.27. The van der Waals surface area contributed by atoms with Crippen LogP contribution in [-0.4, -0.2) is 74.5 Å². The molecule has 7 nitrogen and oxygen atoms in total. The molecule has 1 saturated heterocycles. The SMILES string of the molecule is CCOc1ccc(/C(O)=C2/C(=O)C(=O)N(CCN(C)C)C2c2ccc(N(C)C)cc2)cc1. The maximum Gasteiger partial charge on any atom is 0.295 e. The molecule has 1 unspecified atom stereocenters. The number of hydrogen-bond acceptors (Lipinski definition) is 6. The number of nitrogens with zero attached hydrogens (tertiary/aromatic N) is 3. The lowest BCUT2D eigenvalue weighted by atomic mass is 9.95. The van der Waals surface area contributed by atoms with Gasteiger partial charge in [-0.2, -0.15) is 0 Å². The molecule has 0 bridgehead atoms. The smallest absolute Gasteiger partial charge is 0.295 e. The van der Waals surface area contributed by atoms with Crippen molar-refractivity contribution in [2.75, 3.05) is 52.8 Å². The van der Waals surface area contributed by atoms with Gasteiger partial charge in [0.15, 0.2) is 0 Å². The number of hydrogen-bond donors (Lipinski definition) is 1. The Labute approximate surface area is 189 Å². The van der Waals surface area contributed by atoms with Crippen molar-refractivity contribution < 1.29 is 19.4 Å². The molecular weight excluding hydrogens is 406 g/mol. The van der Waals surface area contributed by atoms with E-state index >= 15 is 0 Å². The van der Waals surface area contributed by atoms with Crippen molar-refractivity contribution in [3.8, 4) is 5.75 Å². The second kappa shape index (κ2) is 9.87. The predicted octanol–water partition coefficient (Wildman–Crippen LogP) is 3.13. The molecule has 1 fully saturated rings. The maximum atomic E-state index is 13.0. The third-order valence-electron chi connectivity index (χ3n) is 5.49. The molecular formula is C25H31N3O4. The Morgan fingerprint density at radius 1 is 1.00 bits per heavy atom. The summed E-state index contributed by atoms with van der Waals surface area (Å²) in [4.78, 5) is 31.5. The van der Waals surface area contributed by atoms with Gasteiger partial charge in [-0.25, -0.2) is 0 Å². The summed E-state index contributed by atoms with van der Waals surface area (Å²) in [6.45, 7) is 3.40. The number of rotatable bonds is 8. The minimum absolute atomic E-state index is 0.107. The van der Waals surface area contributed by atoms with E-state index in [0.29, 0.717) is 31.0 Å². The van der Waals surface area contributed by atoms with Crippen LogP contribution in [0.2, 0.25) is 0 Å². The number of likely N-dealkylation sites (tertiary alicyclic amines) is 1. The van der Waals surface area contributed by atoms with Gasteiger partial charge >= 0.3 is 0 Å². The fourth-order valence-corrected chi connectivity index (χ4v) is 3.75. The van der Waals surface area contributed by atoms with Crippen molar-refractivity contribution in [2.45, 2.75) is 13.0 Å². The summed E-state index contributed by atoms with van der Waals surface area (Å²) in [5.74, 6) is -0.774. The van der Waals surface area contributed by atoms with Crippen LogP contribution in [0.3, 0.4) is 0 Å². The minimum Gasteiger partial charge on any atom is -0.507 e. The number of ether oxygens (including phenoxy) is 1. The summed E-state index contributed by atoms with van der Waals surface area (Å²) in [6, 6.07) is 13.9. The molecule has 7 heteroatoms. The molecule has 2 aromatic rings. The monoisotopic (exact) mass is 437 g/mol. The Kier molecular flexibility index (Phi) is 7.20. The average molecular weight is 438 g/mol. The standard InChI is InChI=1S/C25H31N3O4/c1-6-32-20-13-9-18(10-14-20)23(29)21-22(17-7-11-19(12-8-17)27(4)5)28(16-15-26(2)3)25(31)24(21)30/h7-14,22,29H,6,15-16H2,1-5H3/b23-21-. The van der Waals surface area contributed by atoms with Gasteiger partial charge in [0.2, 0.25) is 0 Å². The Bertz CT molecular complexity index is 995. The number of carbonyl (C=O) groups is 2. The van der Waals surface area contributed by atoms with Crippen LogP contribution < -0.4 is 9.64 Å². The topological polar surface area (TPSA) is 73.3 Å². The van der Waals surface area contributed by atoms with Gasteiger partial charge in [-0.15, -0.1) is 0 Å². The highest BCUT2D eigenvalue weighted by molar-refractivity contribution is 6.46. The van der Waals surface area contributed by atoms with Gasteiger partial charge in [0.1, 0.15) is 11.5 Å². The zero-order valence-corrected chi connectivity index (χ0v) is 19.3. The summed E-state index contributed by atoms with van der Waals surface area (Å²) in [6.07, 6.45) is 0. The number of amides is 1. The van der Waals surface area contributed by atoms with E-state index in [4.69, 9.17) is 4.74 Å².